The third kappa shape index (κ3) is 3.27. The number of rotatable bonds is 4. The van der Waals surface area contributed by atoms with Gasteiger partial charge in [-0.05, 0) is 38.1 Å². The Morgan fingerprint density at radius 2 is 1.80 bits per heavy atom. The number of hydrogen-bond donors (Lipinski definition) is 0. The molecule has 78 valence electrons. The van der Waals surface area contributed by atoms with Crippen molar-refractivity contribution in [2.24, 2.45) is 0 Å². The van der Waals surface area contributed by atoms with E-state index < -0.39 is 0 Å². The molecule has 1 aliphatic rings. The highest BCUT2D eigenvalue weighted by atomic mass is 16.5. The number of hydrogen-bond acceptors (Lipinski definition) is 2. The smallest absolute Gasteiger partial charge is 0.119 e. The van der Waals surface area contributed by atoms with Crippen LogP contribution in [0.2, 0.25) is 0 Å². The summed E-state index contributed by atoms with van der Waals surface area (Å²) in [6, 6.07) is 7.56. The zero-order chi connectivity index (χ0) is 10.5. The molecule has 1 aliphatic heterocycles. The third-order valence-electron chi connectivity index (χ3n) is 2.76. The molecule has 0 saturated carbocycles. The molecule has 2 nitrogen and oxygen atoms in total. The lowest BCUT2D eigenvalue weighted by molar-refractivity contribution is 0.238. The Labute approximate surface area is 92.6 Å². The van der Waals surface area contributed by atoms with Gasteiger partial charge in [-0.1, -0.05) is 17.6 Å². The van der Waals surface area contributed by atoms with Crippen LogP contribution in [0.1, 0.15) is 12.8 Å². The molecule has 15 heavy (non-hydrogen) atoms. The Balaban J connectivity index is 1.71. The Morgan fingerprint density at radius 3 is 2.47 bits per heavy atom. The minimum Gasteiger partial charge on any atom is -0.492 e. The Morgan fingerprint density at radius 1 is 1.13 bits per heavy atom. The Bertz CT molecular complexity index is 293. The van der Waals surface area contributed by atoms with Crippen LogP contribution in [0.3, 0.4) is 0 Å². The van der Waals surface area contributed by atoms with Crippen LogP contribution in [0.4, 0.5) is 0 Å². The van der Waals surface area contributed by atoms with Gasteiger partial charge in [0.05, 0.1) is 0 Å². The first-order valence-corrected chi connectivity index (χ1v) is 5.55. The highest BCUT2D eigenvalue weighted by Gasteiger charge is 2.10. The molecule has 1 fully saturated rings. The quantitative estimate of drug-likeness (QED) is 0.672. The molecule has 2 radical (unpaired) electrons. The van der Waals surface area contributed by atoms with Gasteiger partial charge in [0.15, 0.2) is 0 Å². The van der Waals surface area contributed by atoms with E-state index in [1.165, 1.54) is 25.9 Å². The lowest BCUT2D eigenvalue weighted by Crippen LogP contribution is -2.25. The van der Waals surface area contributed by atoms with Crippen LogP contribution >= 0.6 is 0 Å². The van der Waals surface area contributed by atoms with Gasteiger partial charge in [0.2, 0.25) is 0 Å². The molecule has 0 aliphatic carbocycles. The van der Waals surface area contributed by atoms with Gasteiger partial charge >= 0.3 is 0 Å². The first kappa shape index (κ1) is 10.6. The maximum absolute atomic E-state index is 5.63. The van der Waals surface area contributed by atoms with E-state index in [0.29, 0.717) is 0 Å². The largest absolute Gasteiger partial charge is 0.492 e. The summed E-state index contributed by atoms with van der Waals surface area (Å²) >= 11 is 0. The topological polar surface area (TPSA) is 12.5 Å². The van der Waals surface area contributed by atoms with Crippen molar-refractivity contribution in [1.82, 2.24) is 4.90 Å². The molecule has 1 aromatic carbocycles. The summed E-state index contributed by atoms with van der Waals surface area (Å²) in [6.07, 6.45) is 2.67. The van der Waals surface area contributed by atoms with E-state index in [0.717, 1.165) is 24.4 Å². The van der Waals surface area contributed by atoms with Gasteiger partial charge in [-0.25, -0.2) is 0 Å². The third-order valence-corrected chi connectivity index (χ3v) is 2.76. The van der Waals surface area contributed by atoms with Crippen LogP contribution in [-0.2, 0) is 0 Å². The van der Waals surface area contributed by atoms with E-state index in [9.17, 15) is 0 Å². The Hall–Kier alpha value is -0.955. The molecule has 0 N–H and O–H groups in total. The SMILES string of the molecule is [B]c1ccc(OCCN2CCCC2)cc1. The number of benzene rings is 1. The lowest BCUT2D eigenvalue weighted by Gasteiger charge is -2.14. The summed E-state index contributed by atoms with van der Waals surface area (Å²) in [4.78, 5) is 2.44. The summed E-state index contributed by atoms with van der Waals surface area (Å²) in [6.45, 7) is 4.25. The van der Waals surface area contributed by atoms with Crippen molar-refractivity contribution in [3.05, 3.63) is 24.3 Å². The van der Waals surface area contributed by atoms with Gasteiger partial charge in [0, 0.05) is 6.54 Å². The van der Waals surface area contributed by atoms with Crippen LogP contribution in [-0.4, -0.2) is 39.0 Å². The fourth-order valence-electron chi connectivity index (χ4n) is 1.86. The van der Waals surface area contributed by atoms with Crippen molar-refractivity contribution >= 4 is 13.3 Å². The van der Waals surface area contributed by atoms with E-state index in [2.05, 4.69) is 4.90 Å². The molecule has 0 unspecified atom stereocenters. The highest BCUT2D eigenvalue weighted by Crippen LogP contribution is 2.09. The van der Waals surface area contributed by atoms with E-state index in [4.69, 9.17) is 12.6 Å². The highest BCUT2D eigenvalue weighted by molar-refractivity contribution is 6.32. The normalized spacial score (nSPS) is 16.8. The predicted molar refractivity (Wildman–Crippen MR) is 63.0 cm³/mol. The number of likely N-dealkylation sites (tertiary alicyclic amines) is 1. The number of ether oxygens (including phenoxy) is 1. The maximum Gasteiger partial charge on any atom is 0.119 e. The van der Waals surface area contributed by atoms with Crippen molar-refractivity contribution < 1.29 is 4.74 Å². The summed E-state index contributed by atoms with van der Waals surface area (Å²) in [5, 5.41) is 0. The van der Waals surface area contributed by atoms with E-state index in [1.54, 1.807) is 0 Å². The minimum absolute atomic E-state index is 0.768. The van der Waals surface area contributed by atoms with Gasteiger partial charge in [-0.3, -0.25) is 4.90 Å². The predicted octanol–water partition coefficient (Wildman–Crippen LogP) is 0.955. The average molecular weight is 201 g/mol. The van der Waals surface area contributed by atoms with Crippen LogP contribution in [0, 0.1) is 0 Å². The average Bonchev–Trinajstić information content (AvgIpc) is 2.74. The van der Waals surface area contributed by atoms with Gasteiger partial charge in [0.25, 0.3) is 0 Å². The maximum atomic E-state index is 5.63. The fourth-order valence-corrected chi connectivity index (χ4v) is 1.86. The number of nitrogens with zero attached hydrogens (tertiary/aromatic N) is 1. The van der Waals surface area contributed by atoms with Gasteiger partial charge in [0.1, 0.15) is 20.2 Å². The molecule has 0 atom stereocenters. The molecule has 1 aromatic rings. The summed E-state index contributed by atoms with van der Waals surface area (Å²) in [5.74, 6) is 0.906. The molecular formula is C12H16BNO. The van der Waals surface area contributed by atoms with Crippen molar-refractivity contribution in [3.8, 4) is 5.75 Å². The van der Waals surface area contributed by atoms with E-state index in [1.807, 2.05) is 24.3 Å². The van der Waals surface area contributed by atoms with Crippen LogP contribution in [0.25, 0.3) is 0 Å². The summed E-state index contributed by atoms with van der Waals surface area (Å²) in [5.41, 5.74) is 0.780. The molecule has 0 bridgehead atoms. The van der Waals surface area contributed by atoms with Crippen molar-refractivity contribution in [1.29, 1.82) is 0 Å². The second-order valence-corrected chi connectivity index (χ2v) is 3.97. The van der Waals surface area contributed by atoms with Gasteiger partial charge < -0.3 is 4.74 Å². The second kappa shape index (κ2) is 5.22. The molecule has 0 spiro atoms. The zero-order valence-electron chi connectivity index (χ0n) is 8.98. The van der Waals surface area contributed by atoms with Crippen molar-refractivity contribution in [2.75, 3.05) is 26.2 Å². The van der Waals surface area contributed by atoms with Gasteiger partial charge in [-0.15, -0.1) is 0 Å². The summed E-state index contributed by atoms with van der Waals surface area (Å²) in [7, 11) is 5.59. The van der Waals surface area contributed by atoms with Gasteiger partial charge in [-0.2, -0.15) is 0 Å². The van der Waals surface area contributed by atoms with E-state index in [-0.39, 0.29) is 0 Å². The van der Waals surface area contributed by atoms with Crippen LogP contribution in [0.15, 0.2) is 24.3 Å². The fraction of sp³-hybridized carbons (Fsp3) is 0.500. The van der Waals surface area contributed by atoms with Crippen molar-refractivity contribution in [2.45, 2.75) is 12.8 Å². The molecule has 1 heterocycles. The van der Waals surface area contributed by atoms with Crippen LogP contribution < -0.4 is 10.2 Å². The summed E-state index contributed by atoms with van der Waals surface area (Å²) < 4.78 is 5.63. The molecule has 0 aromatic heterocycles. The molecule has 2 rings (SSSR count). The standard InChI is InChI=1S/C12H16BNO/c13-11-3-5-12(6-4-11)15-10-9-14-7-1-2-8-14/h3-6H,1-2,7-10H2. The zero-order valence-corrected chi connectivity index (χ0v) is 8.98. The van der Waals surface area contributed by atoms with Crippen molar-refractivity contribution in [3.63, 3.8) is 0 Å². The van der Waals surface area contributed by atoms with Crippen LogP contribution in [0.5, 0.6) is 5.75 Å². The molecular weight excluding hydrogens is 185 g/mol. The first-order valence-electron chi connectivity index (χ1n) is 5.55. The monoisotopic (exact) mass is 201 g/mol. The Kier molecular flexibility index (Phi) is 3.67. The first-order chi connectivity index (χ1) is 7.34. The molecule has 0 amide bonds. The van der Waals surface area contributed by atoms with E-state index >= 15 is 0 Å². The minimum atomic E-state index is 0.768. The lowest BCUT2D eigenvalue weighted by atomic mass is 9.97. The molecule has 3 heteroatoms. The second-order valence-electron chi connectivity index (χ2n) is 3.97. The molecule has 1 saturated heterocycles.